The Balaban J connectivity index is 2.62. The Kier molecular flexibility index (Phi) is 7.73. The minimum Gasteiger partial charge on any atom is -0.497 e. The van der Waals surface area contributed by atoms with Crippen LogP contribution in [0.1, 0.15) is 31.7 Å². The number of hydrogen-bond donors (Lipinski definition) is 1. The largest absolute Gasteiger partial charge is 0.497 e. The molecule has 1 rings (SSSR count). The molecular weight excluding hydrogens is 268 g/mol. The summed E-state index contributed by atoms with van der Waals surface area (Å²) in [4.78, 5) is 11.2. The predicted molar refractivity (Wildman–Crippen MR) is 80.3 cm³/mol. The summed E-state index contributed by atoms with van der Waals surface area (Å²) in [5, 5.41) is 11.1. The molecule has 1 aromatic carbocycles. The maximum Gasteiger partial charge on any atom is 0.234 e. The van der Waals surface area contributed by atoms with Crippen molar-refractivity contribution in [2.45, 2.75) is 32.6 Å². The van der Waals surface area contributed by atoms with Crippen LogP contribution in [-0.4, -0.2) is 26.2 Å². The second-order valence-corrected chi connectivity index (χ2v) is 4.61. The van der Waals surface area contributed by atoms with Gasteiger partial charge in [-0.05, 0) is 24.5 Å². The van der Waals surface area contributed by atoms with Crippen LogP contribution in [-0.2, 0) is 11.2 Å². The van der Waals surface area contributed by atoms with Gasteiger partial charge in [-0.3, -0.25) is 4.79 Å². The van der Waals surface area contributed by atoms with Gasteiger partial charge in [0.05, 0.1) is 19.8 Å². The van der Waals surface area contributed by atoms with Crippen LogP contribution in [0.2, 0.25) is 0 Å². The number of hydrogen-bond acceptors (Lipinski definition) is 4. The quantitative estimate of drug-likeness (QED) is 0.709. The topological polar surface area (TPSA) is 71.3 Å². The van der Waals surface area contributed by atoms with E-state index in [2.05, 4.69) is 12.2 Å². The average Bonchev–Trinajstić information content (AvgIpc) is 2.49. The molecule has 0 saturated carbocycles. The molecule has 0 bridgehead atoms. The van der Waals surface area contributed by atoms with Crippen molar-refractivity contribution in [1.82, 2.24) is 5.32 Å². The molecule has 5 heteroatoms. The molecule has 0 spiro atoms. The van der Waals surface area contributed by atoms with Gasteiger partial charge in [-0.2, -0.15) is 5.26 Å². The van der Waals surface area contributed by atoms with Crippen LogP contribution in [0.25, 0.3) is 0 Å². The van der Waals surface area contributed by atoms with E-state index in [-0.39, 0.29) is 12.3 Å². The second-order valence-electron chi connectivity index (χ2n) is 4.61. The fourth-order valence-corrected chi connectivity index (χ4v) is 1.80. The Labute approximate surface area is 125 Å². The molecule has 0 aliphatic carbocycles. The summed E-state index contributed by atoms with van der Waals surface area (Å²) >= 11 is 0. The van der Waals surface area contributed by atoms with Gasteiger partial charge in [0.15, 0.2) is 0 Å². The van der Waals surface area contributed by atoms with Gasteiger partial charge in [0, 0.05) is 12.6 Å². The first-order valence-electron chi connectivity index (χ1n) is 7.14. The van der Waals surface area contributed by atoms with Crippen LogP contribution < -0.4 is 14.8 Å². The molecule has 0 aliphatic rings. The number of nitrogens with one attached hydrogen (secondary N) is 1. The molecule has 1 amide bonds. The van der Waals surface area contributed by atoms with E-state index < -0.39 is 0 Å². The van der Waals surface area contributed by atoms with Crippen LogP contribution in [0, 0.1) is 11.3 Å². The molecule has 114 valence electrons. The monoisotopic (exact) mass is 290 g/mol. The van der Waals surface area contributed by atoms with Crippen molar-refractivity contribution < 1.29 is 14.3 Å². The van der Waals surface area contributed by atoms with Crippen molar-refractivity contribution in [3.63, 3.8) is 0 Å². The average molecular weight is 290 g/mol. The minimum atomic E-state index is -0.250. The highest BCUT2D eigenvalue weighted by atomic mass is 16.5. The Morgan fingerprint density at radius 2 is 2.24 bits per heavy atom. The van der Waals surface area contributed by atoms with E-state index in [9.17, 15) is 4.79 Å². The SMILES string of the molecule is CCCCOc1cc(OC)ccc1CCNC(=O)CC#N. The third-order valence-corrected chi connectivity index (χ3v) is 2.99. The van der Waals surface area contributed by atoms with Gasteiger partial charge in [0.25, 0.3) is 0 Å². The third kappa shape index (κ3) is 6.17. The molecule has 0 atom stereocenters. The number of amides is 1. The molecule has 0 aliphatic heterocycles. The maximum absolute atomic E-state index is 11.2. The molecule has 0 heterocycles. The van der Waals surface area contributed by atoms with E-state index in [4.69, 9.17) is 14.7 Å². The summed E-state index contributed by atoms with van der Waals surface area (Å²) in [5.41, 5.74) is 1.02. The van der Waals surface area contributed by atoms with E-state index in [0.717, 1.165) is 29.9 Å². The highest BCUT2D eigenvalue weighted by Crippen LogP contribution is 2.25. The summed E-state index contributed by atoms with van der Waals surface area (Å²) < 4.78 is 11.0. The molecule has 0 aromatic heterocycles. The van der Waals surface area contributed by atoms with Gasteiger partial charge in [-0.25, -0.2) is 0 Å². The lowest BCUT2D eigenvalue weighted by atomic mass is 10.1. The standard InChI is InChI=1S/C16H22N2O3/c1-3-4-11-21-15-12-14(20-2)6-5-13(15)8-10-18-16(19)7-9-17/h5-6,12H,3-4,7-8,10-11H2,1-2H3,(H,18,19). The maximum atomic E-state index is 11.2. The zero-order chi connectivity index (χ0) is 15.5. The van der Waals surface area contributed by atoms with Crippen LogP contribution in [0.15, 0.2) is 18.2 Å². The van der Waals surface area contributed by atoms with Crippen LogP contribution in [0.4, 0.5) is 0 Å². The first-order valence-corrected chi connectivity index (χ1v) is 7.14. The molecule has 0 radical (unpaired) electrons. The summed E-state index contributed by atoms with van der Waals surface area (Å²) in [5.74, 6) is 1.29. The molecule has 0 saturated heterocycles. The zero-order valence-electron chi connectivity index (χ0n) is 12.6. The Bertz CT molecular complexity index is 495. The Morgan fingerprint density at radius 1 is 1.43 bits per heavy atom. The number of rotatable bonds is 9. The molecular formula is C16H22N2O3. The van der Waals surface area contributed by atoms with Crippen LogP contribution in [0.3, 0.4) is 0 Å². The summed E-state index contributed by atoms with van der Waals surface area (Å²) in [7, 11) is 1.62. The summed E-state index contributed by atoms with van der Waals surface area (Å²) in [6.07, 6.45) is 2.62. The first-order chi connectivity index (χ1) is 10.2. The van der Waals surface area contributed by atoms with Crippen LogP contribution >= 0.6 is 0 Å². The highest BCUT2D eigenvalue weighted by molar-refractivity contribution is 5.77. The van der Waals surface area contributed by atoms with Crippen molar-refractivity contribution in [2.24, 2.45) is 0 Å². The lowest BCUT2D eigenvalue weighted by molar-refractivity contribution is -0.120. The van der Waals surface area contributed by atoms with Gasteiger partial charge in [0.1, 0.15) is 17.9 Å². The molecule has 5 nitrogen and oxygen atoms in total. The normalized spacial score (nSPS) is 9.76. The number of methoxy groups -OCH3 is 1. The van der Waals surface area contributed by atoms with Gasteiger partial charge >= 0.3 is 0 Å². The van der Waals surface area contributed by atoms with Crippen LogP contribution in [0.5, 0.6) is 11.5 Å². The second kappa shape index (κ2) is 9.65. The molecule has 0 fully saturated rings. The van der Waals surface area contributed by atoms with Crippen molar-refractivity contribution in [1.29, 1.82) is 5.26 Å². The summed E-state index contributed by atoms with van der Waals surface area (Å²) in [6.45, 7) is 3.26. The fraction of sp³-hybridized carbons (Fsp3) is 0.500. The number of nitriles is 1. The van der Waals surface area contributed by atoms with E-state index in [1.807, 2.05) is 24.3 Å². The number of carbonyl (C=O) groups is 1. The lowest BCUT2D eigenvalue weighted by Gasteiger charge is -2.13. The Hall–Kier alpha value is -2.22. The van der Waals surface area contributed by atoms with Crippen molar-refractivity contribution in [3.8, 4) is 17.6 Å². The van der Waals surface area contributed by atoms with E-state index in [1.54, 1.807) is 7.11 Å². The molecule has 1 aromatic rings. The first kappa shape index (κ1) is 16.8. The van der Waals surface area contributed by atoms with Crippen molar-refractivity contribution in [2.75, 3.05) is 20.3 Å². The lowest BCUT2D eigenvalue weighted by Crippen LogP contribution is -2.25. The van der Waals surface area contributed by atoms with Gasteiger partial charge < -0.3 is 14.8 Å². The number of ether oxygens (including phenoxy) is 2. The number of carbonyl (C=O) groups excluding carboxylic acids is 1. The zero-order valence-corrected chi connectivity index (χ0v) is 12.6. The molecule has 1 N–H and O–H groups in total. The smallest absolute Gasteiger partial charge is 0.234 e. The number of unbranched alkanes of at least 4 members (excludes halogenated alkanes) is 1. The minimum absolute atomic E-state index is 0.109. The number of nitrogens with zero attached hydrogens (tertiary/aromatic N) is 1. The van der Waals surface area contributed by atoms with Gasteiger partial charge in [-0.15, -0.1) is 0 Å². The molecule has 21 heavy (non-hydrogen) atoms. The third-order valence-electron chi connectivity index (χ3n) is 2.99. The predicted octanol–water partition coefficient (Wildman–Crippen LogP) is 2.45. The van der Waals surface area contributed by atoms with E-state index in [0.29, 0.717) is 19.6 Å². The van der Waals surface area contributed by atoms with Crippen molar-refractivity contribution >= 4 is 5.91 Å². The Morgan fingerprint density at radius 3 is 2.90 bits per heavy atom. The van der Waals surface area contributed by atoms with Gasteiger partial charge in [-0.1, -0.05) is 19.4 Å². The number of benzene rings is 1. The molecule has 0 unspecified atom stereocenters. The van der Waals surface area contributed by atoms with E-state index in [1.165, 1.54) is 0 Å². The fourth-order valence-electron chi connectivity index (χ4n) is 1.80. The van der Waals surface area contributed by atoms with Gasteiger partial charge in [0.2, 0.25) is 5.91 Å². The summed E-state index contributed by atoms with van der Waals surface area (Å²) in [6, 6.07) is 7.50. The van der Waals surface area contributed by atoms with Crippen molar-refractivity contribution in [3.05, 3.63) is 23.8 Å². The van der Waals surface area contributed by atoms with E-state index >= 15 is 0 Å². The highest BCUT2D eigenvalue weighted by Gasteiger charge is 2.07.